The first-order chi connectivity index (χ1) is 9.85. The van der Waals surface area contributed by atoms with Crippen LogP contribution >= 0.6 is 12.2 Å². The molecular formula is C15H22N2O3S. The average molecular weight is 310 g/mol. The first kappa shape index (κ1) is 17.4. The van der Waals surface area contributed by atoms with E-state index in [2.05, 4.69) is 5.32 Å². The number of ether oxygens (including phenoxy) is 2. The molecule has 0 heterocycles. The van der Waals surface area contributed by atoms with Crippen molar-refractivity contribution in [1.82, 2.24) is 5.32 Å². The highest BCUT2D eigenvalue weighted by Gasteiger charge is 2.18. The Labute approximate surface area is 130 Å². The highest BCUT2D eigenvalue weighted by molar-refractivity contribution is 7.80. The number of benzene rings is 1. The molecule has 5 nitrogen and oxygen atoms in total. The third kappa shape index (κ3) is 6.10. The summed E-state index contributed by atoms with van der Waals surface area (Å²) in [4.78, 5) is 12.0. The Bertz CT molecular complexity index is 503. The van der Waals surface area contributed by atoms with E-state index in [1.165, 1.54) is 0 Å². The maximum absolute atomic E-state index is 11.8. The van der Waals surface area contributed by atoms with Crippen LogP contribution in [-0.2, 0) is 9.53 Å². The van der Waals surface area contributed by atoms with Gasteiger partial charge in [0.25, 0.3) is 5.91 Å². The molecule has 0 atom stereocenters. The van der Waals surface area contributed by atoms with Gasteiger partial charge in [0.15, 0.2) is 6.61 Å². The number of nitrogens with one attached hydrogen (secondary N) is 1. The molecule has 1 aromatic carbocycles. The number of nitrogens with two attached hydrogens (primary N) is 1. The van der Waals surface area contributed by atoms with Crippen LogP contribution in [0.1, 0.15) is 26.3 Å². The van der Waals surface area contributed by atoms with E-state index < -0.39 is 5.60 Å². The molecule has 0 aliphatic carbocycles. The molecule has 0 fully saturated rings. The molecule has 3 N–H and O–H groups in total. The molecule has 0 spiro atoms. The largest absolute Gasteiger partial charge is 0.483 e. The van der Waals surface area contributed by atoms with Gasteiger partial charge >= 0.3 is 0 Å². The maximum atomic E-state index is 11.8. The van der Waals surface area contributed by atoms with E-state index in [-0.39, 0.29) is 17.5 Å². The van der Waals surface area contributed by atoms with Gasteiger partial charge in [-0.05, 0) is 32.9 Å². The maximum Gasteiger partial charge on any atom is 0.258 e. The van der Waals surface area contributed by atoms with Gasteiger partial charge in [-0.25, -0.2) is 0 Å². The fraction of sp³-hybridized carbons (Fsp3) is 0.467. The van der Waals surface area contributed by atoms with E-state index in [1.807, 2.05) is 26.8 Å². The van der Waals surface area contributed by atoms with E-state index in [0.717, 1.165) is 0 Å². The fourth-order valence-electron chi connectivity index (χ4n) is 1.74. The number of hydrogen-bond donors (Lipinski definition) is 2. The summed E-state index contributed by atoms with van der Waals surface area (Å²) in [5.74, 6) is 0.282. The van der Waals surface area contributed by atoms with Crippen molar-refractivity contribution >= 4 is 23.1 Å². The third-order valence-corrected chi connectivity index (χ3v) is 2.98. The van der Waals surface area contributed by atoms with Crippen LogP contribution in [0.2, 0.25) is 0 Å². The molecule has 0 unspecified atom stereocenters. The number of thiocarbonyl (C=S) groups is 1. The second-order valence-electron chi connectivity index (χ2n) is 5.12. The summed E-state index contributed by atoms with van der Waals surface area (Å²) in [6.45, 7) is 6.67. The standard InChI is InChI=1S/C15H22N2O3S/c1-4-20-15(2,3)10-17-13(18)9-19-12-8-6-5-7-11(12)14(16)21/h5-8H,4,9-10H2,1-3H3,(H2,16,21)(H,17,18). The van der Waals surface area contributed by atoms with Crippen LogP contribution in [0.15, 0.2) is 24.3 Å². The first-order valence-corrected chi connectivity index (χ1v) is 7.19. The van der Waals surface area contributed by atoms with Crippen LogP contribution < -0.4 is 15.8 Å². The molecule has 0 saturated heterocycles. The van der Waals surface area contributed by atoms with E-state index in [9.17, 15) is 4.79 Å². The second kappa shape index (κ2) is 7.95. The summed E-state index contributed by atoms with van der Waals surface area (Å²) in [5, 5.41) is 2.77. The molecule has 0 radical (unpaired) electrons. The van der Waals surface area contributed by atoms with Crippen LogP contribution in [0.4, 0.5) is 0 Å². The summed E-state index contributed by atoms with van der Waals surface area (Å²) in [7, 11) is 0. The van der Waals surface area contributed by atoms with Gasteiger partial charge in [0.2, 0.25) is 0 Å². The summed E-state index contributed by atoms with van der Waals surface area (Å²) in [6.07, 6.45) is 0. The predicted octanol–water partition coefficient (Wildman–Crippen LogP) is 1.63. The minimum atomic E-state index is -0.402. The lowest BCUT2D eigenvalue weighted by atomic mass is 10.1. The molecule has 1 aromatic rings. The van der Waals surface area contributed by atoms with Crippen molar-refractivity contribution in [2.75, 3.05) is 19.8 Å². The van der Waals surface area contributed by atoms with Gasteiger partial charge in [-0.2, -0.15) is 0 Å². The monoisotopic (exact) mass is 310 g/mol. The second-order valence-corrected chi connectivity index (χ2v) is 5.56. The van der Waals surface area contributed by atoms with Gasteiger partial charge in [-0.15, -0.1) is 0 Å². The molecule has 0 bridgehead atoms. The Morgan fingerprint density at radius 3 is 2.67 bits per heavy atom. The zero-order valence-corrected chi connectivity index (χ0v) is 13.5. The Morgan fingerprint density at radius 2 is 2.05 bits per heavy atom. The molecule has 0 aliphatic rings. The molecule has 0 aliphatic heterocycles. The summed E-state index contributed by atoms with van der Waals surface area (Å²) < 4.78 is 11.0. The number of rotatable bonds is 8. The first-order valence-electron chi connectivity index (χ1n) is 6.78. The number of hydrogen-bond acceptors (Lipinski definition) is 4. The number of carbonyl (C=O) groups is 1. The molecular weight excluding hydrogens is 288 g/mol. The van der Waals surface area contributed by atoms with Crippen LogP contribution in [0, 0.1) is 0 Å². The number of carbonyl (C=O) groups excluding carboxylic acids is 1. The topological polar surface area (TPSA) is 73.6 Å². The Kier molecular flexibility index (Phi) is 6.58. The Hall–Kier alpha value is -1.66. The van der Waals surface area contributed by atoms with E-state index in [4.69, 9.17) is 27.4 Å². The quantitative estimate of drug-likeness (QED) is 0.714. The Balaban J connectivity index is 2.49. The zero-order chi connectivity index (χ0) is 15.9. The lowest BCUT2D eigenvalue weighted by molar-refractivity contribution is -0.124. The predicted molar refractivity (Wildman–Crippen MR) is 86.5 cm³/mol. The van der Waals surface area contributed by atoms with Gasteiger partial charge in [0.1, 0.15) is 10.7 Å². The van der Waals surface area contributed by atoms with Gasteiger partial charge in [0, 0.05) is 13.2 Å². The van der Waals surface area contributed by atoms with Crippen molar-refractivity contribution in [2.45, 2.75) is 26.4 Å². The summed E-state index contributed by atoms with van der Waals surface area (Å²) in [5.41, 5.74) is 5.82. The molecule has 6 heteroatoms. The van der Waals surface area contributed by atoms with Crippen molar-refractivity contribution in [3.05, 3.63) is 29.8 Å². The lowest BCUT2D eigenvalue weighted by Gasteiger charge is -2.24. The van der Waals surface area contributed by atoms with Crippen molar-refractivity contribution in [2.24, 2.45) is 5.73 Å². The fourth-order valence-corrected chi connectivity index (χ4v) is 1.91. The normalized spacial score (nSPS) is 11.0. The Morgan fingerprint density at radius 1 is 1.38 bits per heavy atom. The van der Waals surface area contributed by atoms with Crippen molar-refractivity contribution in [3.8, 4) is 5.75 Å². The molecule has 1 rings (SSSR count). The van der Waals surface area contributed by atoms with Gasteiger partial charge in [0.05, 0.1) is 11.2 Å². The number of para-hydroxylation sites is 1. The lowest BCUT2D eigenvalue weighted by Crippen LogP contribution is -2.42. The van der Waals surface area contributed by atoms with Gasteiger partial charge in [-0.3, -0.25) is 4.79 Å². The minimum Gasteiger partial charge on any atom is -0.483 e. The zero-order valence-electron chi connectivity index (χ0n) is 12.6. The van der Waals surface area contributed by atoms with Crippen LogP contribution in [0.3, 0.4) is 0 Å². The molecule has 1 amide bonds. The van der Waals surface area contributed by atoms with E-state index >= 15 is 0 Å². The molecule has 21 heavy (non-hydrogen) atoms. The summed E-state index contributed by atoms with van der Waals surface area (Å²) in [6, 6.07) is 7.10. The van der Waals surface area contributed by atoms with Gasteiger partial charge < -0.3 is 20.5 Å². The van der Waals surface area contributed by atoms with Crippen LogP contribution in [-0.4, -0.2) is 36.3 Å². The smallest absolute Gasteiger partial charge is 0.258 e. The average Bonchev–Trinajstić information content (AvgIpc) is 2.43. The number of amides is 1. The molecule has 0 aromatic heterocycles. The van der Waals surface area contributed by atoms with Crippen molar-refractivity contribution < 1.29 is 14.3 Å². The SMILES string of the molecule is CCOC(C)(C)CNC(=O)COc1ccccc1C(N)=S. The third-order valence-electron chi connectivity index (χ3n) is 2.76. The highest BCUT2D eigenvalue weighted by Crippen LogP contribution is 2.17. The van der Waals surface area contributed by atoms with Crippen molar-refractivity contribution in [3.63, 3.8) is 0 Å². The minimum absolute atomic E-state index is 0.0954. The van der Waals surface area contributed by atoms with Gasteiger partial charge in [-0.1, -0.05) is 24.4 Å². The van der Waals surface area contributed by atoms with E-state index in [0.29, 0.717) is 24.5 Å². The molecule has 0 saturated carbocycles. The van der Waals surface area contributed by atoms with Crippen molar-refractivity contribution in [1.29, 1.82) is 0 Å². The van der Waals surface area contributed by atoms with E-state index in [1.54, 1.807) is 18.2 Å². The highest BCUT2D eigenvalue weighted by atomic mass is 32.1. The van der Waals surface area contributed by atoms with Crippen LogP contribution in [0.25, 0.3) is 0 Å². The van der Waals surface area contributed by atoms with Crippen LogP contribution in [0.5, 0.6) is 5.75 Å². The molecule has 116 valence electrons. The summed E-state index contributed by atoms with van der Waals surface area (Å²) >= 11 is 4.94.